The number of amides is 1. The van der Waals surface area contributed by atoms with Gasteiger partial charge in [0.25, 0.3) is 5.91 Å². The summed E-state index contributed by atoms with van der Waals surface area (Å²) < 4.78 is 22.5. The van der Waals surface area contributed by atoms with Crippen LogP contribution in [0.1, 0.15) is 21.9 Å². The Morgan fingerprint density at radius 3 is 2.79 bits per heavy atom. The van der Waals surface area contributed by atoms with E-state index in [0.29, 0.717) is 17.9 Å². The summed E-state index contributed by atoms with van der Waals surface area (Å²) in [6, 6.07) is 11.5. The second kappa shape index (κ2) is 7.69. The van der Waals surface area contributed by atoms with Gasteiger partial charge >= 0.3 is 0 Å². The first-order valence-electron chi connectivity index (χ1n) is 8.42. The minimum atomic E-state index is -0.482. The van der Waals surface area contributed by atoms with Crippen LogP contribution in [0.25, 0.3) is 0 Å². The molecule has 3 heterocycles. The molecule has 1 amide bonds. The lowest BCUT2D eigenvalue weighted by Gasteiger charge is -2.03. The molecule has 0 aliphatic rings. The number of nitrogens with one attached hydrogen (secondary N) is 1. The van der Waals surface area contributed by atoms with Gasteiger partial charge < -0.3 is 9.73 Å². The molecule has 4 aromatic rings. The summed E-state index contributed by atoms with van der Waals surface area (Å²) in [6.07, 6.45) is 4.98. The molecule has 3 aromatic heterocycles. The number of benzene rings is 1. The molecule has 1 aromatic carbocycles. The number of carbonyl (C=O) groups is 1. The molecular weight excluding hydrogens is 385 g/mol. The largest absolute Gasteiger partial charge is 0.454 e. The summed E-state index contributed by atoms with van der Waals surface area (Å²) in [6.45, 7) is 0.606. The van der Waals surface area contributed by atoms with Crippen LogP contribution in [0.2, 0.25) is 5.02 Å². The smallest absolute Gasteiger partial charge is 0.292 e. The molecular formula is C19H15ClFN5O2. The minimum absolute atomic E-state index is 0.127. The van der Waals surface area contributed by atoms with Gasteiger partial charge in [0.05, 0.1) is 13.1 Å². The Morgan fingerprint density at radius 1 is 1.14 bits per heavy atom. The first-order valence-corrected chi connectivity index (χ1v) is 8.80. The maximum atomic E-state index is 13.8. The van der Waals surface area contributed by atoms with E-state index in [4.69, 9.17) is 16.0 Å². The fourth-order valence-electron chi connectivity index (χ4n) is 2.67. The predicted molar refractivity (Wildman–Crippen MR) is 101 cm³/mol. The van der Waals surface area contributed by atoms with Crippen molar-refractivity contribution in [1.82, 2.24) is 19.6 Å². The van der Waals surface area contributed by atoms with Crippen molar-refractivity contribution < 1.29 is 13.6 Å². The number of hydrogen-bond acceptors (Lipinski definition) is 4. The Kier molecular flexibility index (Phi) is 4.94. The van der Waals surface area contributed by atoms with E-state index < -0.39 is 5.91 Å². The van der Waals surface area contributed by atoms with Gasteiger partial charge in [0.1, 0.15) is 16.6 Å². The fraction of sp³-hybridized carbons (Fsp3) is 0.105. The average molecular weight is 400 g/mol. The molecule has 0 unspecified atom stereocenters. The SMILES string of the molecule is O=C(Nc1nn(Cc2ccccc2F)cc1Cl)c1ccc(Cn2cccn2)o1. The van der Waals surface area contributed by atoms with Crippen molar-refractivity contribution in [2.75, 3.05) is 5.32 Å². The van der Waals surface area contributed by atoms with Crippen LogP contribution in [0, 0.1) is 5.82 Å². The molecule has 4 rings (SSSR count). The molecule has 0 fully saturated rings. The molecule has 0 bridgehead atoms. The normalized spacial score (nSPS) is 10.9. The lowest BCUT2D eigenvalue weighted by atomic mass is 10.2. The summed E-state index contributed by atoms with van der Waals surface area (Å²) in [5.41, 5.74) is 0.467. The van der Waals surface area contributed by atoms with Gasteiger partial charge in [0.2, 0.25) is 0 Å². The highest BCUT2D eigenvalue weighted by Crippen LogP contribution is 2.22. The van der Waals surface area contributed by atoms with Crippen LogP contribution in [-0.2, 0) is 13.1 Å². The van der Waals surface area contributed by atoms with Crippen molar-refractivity contribution in [3.05, 3.63) is 89.0 Å². The molecule has 142 valence electrons. The van der Waals surface area contributed by atoms with E-state index in [1.807, 2.05) is 0 Å². The Labute approximate surface area is 164 Å². The Morgan fingerprint density at radius 2 is 2.00 bits per heavy atom. The van der Waals surface area contributed by atoms with Crippen molar-refractivity contribution in [1.29, 1.82) is 0 Å². The molecule has 0 aliphatic carbocycles. The molecule has 0 aliphatic heterocycles. The summed E-state index contributed by atoms with van der Waals surface area (Å²) >= 11 is 6.15. The minimum Gasteiger partial charge on any atom is -0.454 e. The van der Waals surface area contributed by atoms with E-state index in [2.05, 4.69) is 15.5 Å². The predicted octanol–water partition coefficient (Wildman–Crippen LogP) is 3.81. The summed E-state index contributed by atoms with van der Waals surface area (Å²) in [7, 11) is 0. The maximum absolute atomic E-state index is 13.8. The number of nitrogens with zero attached hydrogens (tertiary/aromatic N) is 4. The molecule has 1 N–H and O–H groups in total. The standard InChI is InChI=1S/C19H15ClFN5O2/c20-15-12-26(10-13-4-1-2-5-16(13)21)24-18(15)23-19(27)17-7-6-14(28-17)11-25-9-3-8-22-25/h1-9,12H,10-11H2,(H,23,24,27). The van der Waals surface area contributed by atoms with Gasteiger partial charge in [-0.05, 0) is 24.3 Å². The fourth-order valence-corrected chi connectivity index (χ4v) is 2.87. The Hall–Kier alpha value is -3.39. The molecule has 9 heteroatoms. The average Bonchev–Trinajstić information content (AvgIpc) is 3.41. The van der Waals surface area contributed by atoms with Crippen LogP contribution in [0.5, 0.6) is 0 Å². The number of hydrogen-bond donors (Lipinski definition) is 1. The summed E-state index contributed by atoms with van der Waals surface area (Å²) in [5.74, 6) is 0.0738. The van der Waals surface area contributed by atoms with Crippen molar-refractivity contribution in [3.63, 3.8) is 0 Å². The molecule has 7 nitrogen and oxygen atoms in total. The van der Waals surface area contributed by atoms with Gasteiger partial charge in [0, 0.05) is 24.2 Å². The van der Waals surface area contributed by atoms with Crippen molar-refractivity contribution in [3.8, 4) is 0 Å². The lowest BCUT2D eigenvalue weighted by molar-refractivity contribution is 0.0994. The maximum Gasteiger partial charge on any atom is 0.292 e. The van der Waals surface area contributed by atoms with Crippen LogP contribution in [0.4, 0.5) is 10.2 Å². The lowest BCUT2D eigenvalue weighted by Crippen LogP contribution is -2.12. The highest BCUT2D eigenvalue weighted by molar-refractivity contribution is 6.33. The zero-order valence-corrected chi connectivity index (χ0v) is 15.3. The van der Waals surface area contributed by atoms with Gasteiger partial charge in [-0.1, -0.05) is 29.8 Å². The highest BCUT2D eigenvalue weighted by atomic mass is 35.5. The van der Waals surface area contributed by atoms with E-state index in [9.17, 15) is 9.18 Å². The topological polar surface area (TPSA) is 77.9 Å². The molecule has 0 saturated heterocycles. The third-order valence-corrected chi connectivity index (χ3v) is 4.28. The van der Waals surface area contributed by atoms with Crippen molar-refractivity contribution >= 4 is 23.3 Å². The number of rotatable bonds is 6. The Balaban J connectivity index is 1.44. The van der Waals surface area contributed by atoms with E-state index >= 15 is 0 Å². The van der Waals surface area contributed by atoms with Crippen LogP contribution in [0.3, 0.4) is 0 Å². The first kappa shape index (κ1) is 18.0. The first-order chi connectivity index (χ1) is 13.6. The second-order valence-electron chi connectivity index (χ2n) is 6.04. The second-order valence-corrected chi connectivity index (χ2v) is 6.45. The van der Waals surface area contributed by atoms with Gasteiger partial charge in [0.15, 0.2) is 11.6 Å². The van der Waals surface area contributed by atoms with E-state index in [0.717, 1.165) is 0 Å². The van der Waals surface area contributed by atoms with Crippen molar-refractivity contribution in [2.45, 2.75) is 13.1 Å². The van der Waals surface area contributed by atoms with E-state index in [-0.39, 0.29) is 29.0 Å². The molecule has 0 radical (unpaired) electrons. The quantitative estimate of drug-likeness (QED) is 0.534. The van der Waals surface area contributed by atoms with Gasteiger partial charge in [-0.25, -0.2) is 4.39 Å². The summed E-state index contributed by atoms with van der Waals surface area (Å²) in [5, 5.41) is 11.1. The van der Waals surface area contributed by atoms with Crippen LogP contribution >= 0.6 is 11.6 Å². The monoisotopic (exact) mass is 399 g/mol. The number of furan rings is 1. The van der Waals surface area contributed by atoms with Crippen LogP contribution in [-0.4, -0.2) is 25.5 Å². The van der Waals surface area contributed by atoms with Gasteiger partial charge in [-0.3, -0.25) is 14.2 Å². The third-order valence-electron chi connectivity index (χ3n) is 4.00. The molecule has 0 atom stereocenters. The number of anilines is 1. The summed E-state index contributed by atoms with van der Waals surface area (Å²) in [4.78, 5) is 12.4. The van der Waals surface area contributed by atoms with E-state index in [1.54, 1.807) is 53.5 Å². The zero-order valence-electron chi connectivity index (χ0n) is 14.5. The van der Waals surface area contributed by atoms with Crippen LogP contribution in [0.15, 0.2) is 65.5 Å². The number of carbonyl (C=O) groups excluding carboxylic acids is 1. The molecule has 28 heavy (non-hydrogen) atoms. The van der Waals surface area contributed by atoms with E-state index in [1.165, 1.54) is 16.9 Å². The number of aromatic nitrogens is 4. The van der Waals surface area contributed by atoms with Crippen molar-refractivity contribution in [2.24, 2.45) is 0 Å². The highest BCUT2D eigenvalue weighted by Gasteiger charge is 2.16. The third kappa shape index (κ3) is 3.96. The van der Waals surface area contributed by atoms with Gasteiger partial charge in [-0.2, -0.15) is 10.2 Å². The van der Waals surface area contributed by atoms with Crippen LogP contribution < -0.4 is 5.32 Å². The Bertz CT molecular complexity index is 1100. The molecule has 0 spiro atoms. The van der Waals surface area contributed by atoms with Gasteiger partial charge in [-0.15, -0.1) is 0 Å². The zero-order chi connectivity index (χ0) is 19.5. The number of halogens is 2. The molecule has 0 saturated carbocycles.